The molecule has 0 atom stereocenters. The molecule has 0 fully saturated rings. The van der Waals surface area contributed by atoms with Gasteiger partial charge >= 0.3 is 0 Å². The molecule has 2 N–H and O–H groups in total. The van der Waals surface area contributed by atoms with Crippen molar-refractivity contribution < 1.29 is 0 Å². The fourth-order valence-corrected chi connectivity index (χ4v) is 3.36. The van der Waals surface area contributed by atoms with Gasteiger partial charge in [-0.1, -0.05) is 18.7 Å². The number of nitrogens with two attached hydrogens (primary N) is 1. The van der Waals surface area contributed by atoms with Crippen LogP contribution in [0.1, 0.15) is 17.6 Å². The smallest absolute Gasteiger partial charge is 0.180 e. The highest BCUT2D eigenvalue weighted by Crippen LogP contribution is 2.27. The van der Waals surface area contributed by atoms with Gasteiger partial charge in [0.2, 0.25) is 0 Å². The normalized spacial score (nSPS) is 10.7. The zero-order valence-electron chi connectivity index (χ0n) is 8.14. The van der Waals surface area contributed by atoms with Crippen LogP contribution in [0.3, 0.4) is 0 Å². The largest absolute Gasteiger partial charge is 0.375 e. The summed E-state index contributed by atoms with van der Waals surface area (Å²) in [6.45, 7) is 2.06. The fourth-order valence-electron chi connectivity index (χ4n) is 0.962. The summed E-state index contributed by atoms with van der Waals surface area (Å²) in [4.78, 5) is 9.55. The molecule has 0 amide bonds. The van der Waals surface area contributed by atoms with Crippen molar-refractivity contribution in [2.75, 3.05) is 5.73 Å². The first-order valence-electron chi connectivity index (χ1n) is 4.43. The molecule has 0 aromatic carbocycles. The Labute approximate surface area is 100 Å². The summed E-state index contributed by atoms with van der Waals surface area (Å²) in [7, 11) is 0. The topological polar surface area (TPSA) is 64.7 Å². The molecule has 0 saturated heterocycles. The van der Waals surface area contributed by atoms with Gasteiger partial charge in [-0.05, 0) is 11.5 Å². The van der Waals surface area contributed by atoms with E-state index in [2.05, 4.69) is 21.3 Å². The molecule has 2 aromatic rings. The van der Waals surface area contributed by atoms with Crippen LogP contribution in [-0.2, 0) is 12.2 Å². The summed E-state index contributed by atoms with van der Waals surface area (Å²) < 4.78 is 5.24. The number of aryl methyl sites for hydroxylation is 1. The molecule has 0 unspecified atom stereocenters. The molecular weight excluding hydrogens is 248 g/mol. The summed E-state index contributed by atoms with van der Waals surface area (Å²) in [5.41, 5.74) is 5.55. The molecule has 2 heterocycles. The highest BCUT2D eigenvalue weighted by atomic mass is 32.2. The molecule has 2 rings (SSSR count). The molecule has 7 heteroatoms. The molecule has 0 bridgehead atoms. The summed E-state index contributed by atoms with van der Waals surface area (Å²) in [6, 6.07) is 0. The van der Waals surface area contributed by atoms with E-state index in [0.717, 1.165) is 22.3 Å². The van der Waals surface area contributed by atoms with E-state index < -0.39 is 0 Å². The number of hydrogen-bond acceptors (Lipinski definition) is 7. The maximum absolute atomic E-state index is 5.55. The molecular formula is C8H10N4S3. The lowest BCUT2D eigenvalue weighted by atomic mass is 10.5. The first-order chi connectivity index (χ1) is 7.28. The Kier molecular flexibility index (Phi) is 3.55. The number of thiazole rings is 1. The van der Waals surface area contributed by atoms with Crippen LogP contribution in [0.15, 0.2) is 10.5 Å². The minimum atomic E-state index is 0.622. The number of nitrogen functional groups attached to an aromatic ring is 1. The molecule has 0 saturated carbocycles. The zero-order chi connectivity index (χ0) is 10.7. The zero-order valence-corrected chi connectivity index (χ0v) is 10.6. The van der Waals surface area contributed by atoms with Crippen molar-refractivity contribution >= 4 is 39.8 Å². The minimum Gasteiger partial charge on any atom is -0.375 e. The highest BCUT2D eigenvalue weighted by molar-refractivity contribution is 8.00. The number of nitrogens with zero attached hydrogens (tertiary/aromatic N) is 3. The van der Waals surface area contributed by atoms with E-state index in [0.29, 0.717) is 5.13 Å². The molecule has 80 valence electrons. The van der Waals surface area contributed by atoms with Crippen molar-refractivity contribution in [1.29, 1.82) is 0 Å². The van der Waals surface area contributed by atoms with Gasteiger partial charge in [0.1, 0.15) is 5.82 Å². The first kappa shape index (κ1) is 10.8. The Hall–Kier alpha value is -0.660. The number of anilines is 1. The van der Waals surface area contributed by atoms with Crippen molar-refractivity contribution in [1.82, 2.24) is 14.3 Å². The van der Waals surface area contributed by atoms with Crippen LogP contribution in [0.25, 0.3) is 0 Å². The molecule has 0 radical (unpaired) electrons. The second kappa shape index (κ2) is 4.91. The van der Waals surface area contributed by atoms with E-state index in [4.69, 9.17) is 5.73 Å². The van der Waals surface area contributed by atoms with Gasteiger partial charge in [-0.15, -0.1) is 11.3 Å². The Bertz CT molecular complexity index is 437. The highest BCUT2D eigenvalue weighted by Gasteiger charge is 2.05. The van der Waals surface area contributed by atoms with Gasteiger partial charge in [0, 0.05) is 23.2 Å². The van der Waals surface area contributed by atoms with Crippen LogP contribution in [0.2, 0.25) is 0 Å². The lowest BCUT2D eigenvalue weighted by molar-refractivity contribution is 0.971. The maximum atomic E-state index is 5.55. The van der Waals surface area contributed by atoms with E-state index in [1.165, 1.54) is 27.7 Å². The van der Waals surface area contributed by atoms with E-state index in [9.17, 15) is 0 Å². The van der Waals surface area contributed by atoms with Crippen molar-refractivity contribution in [2.24, 2.45) is 0 Å². The van der Waals surface area contributed by atoms with Crippen LogP contribution in [0.5, 0.6) is 0 Å². The van der Waals surface area contributed by atoms with E-state index in [1.807, 2.05) is 6.20 Å². The average Bonchev–Trinajstić information content (AvgIpc) is 2.83. The van der Waals surface area contributed by atoms with Crippen molar-refractivity contribution in [3.63, 3.8) is 0 Å². The van der Waals surface area contributed by atoms with Gasteiger partial charge in [-0.25, -0.2) is 9.97 Å². The molecule has 4 nitrogen and oxygen atoms in total. The Morgan fingerprint density at radius 3 is 3.00 bits per heavy atom. The monoisotopic (exact) mass is 258 g/mol. The second-order valence-corrected chi connectivity index (χ2v) is 5.90. The van der Waals surface area contributed by atoms with Gasteiger partial charge in [-0.3, -0.25) is 0 Å². The number of hydrogen-bond donors (Lipinski definition) is 1. The summed E-state index contributed by atoms with van der Waals surface area (Å²) in [5, 5.41) is 0.622. The Morgan fingerprint density at radius 2 is 2.40 bits per heavy atom. The second-order valence-electron chi connectivity index (χ2n) is 2.78. The van der Waals surface area contributed by atoms with Crippen LogP contribution in [0, 0.1) is 0 Å². The predicted octanol–water partition coefficient (Wildman–Crippen LogP) is 2.43. The molecule has 0 aliphatic rings. The summed E-state index contributed by atoms with van der Waals surface area (Å²) in [5.74, 6) is 1.79. The van der Waals surface area contributed by atoms with Gasteiger partial charge in [-0.2, -0.15) is 4.37 Å². The minimum absolute atomic E-state index is 0.622. The van der Waals surface area contributed by atoms with Crippen LogP contribution >= 0.6 is 34.6 Å². The third-order valence-corrected chi connectivity index (χ3v) is 4.60. The SMILES string of the molecule is CCc1nsc(SCc2cnc(N)s2)n1. The number of aromatic nitrogens is 3. The van der Waals surface area contributed by atoms with E-state index in [-0.39, 0.29) is 0 Å². The maximum Gasteiger partial charge on any atom is 0.180 e. The molecule has 0 spiro atoms. The quantitative estimate of drug-likeness (QED) is 0.853. The number of rotatable bonds is 4. The summed E-state index contributed by atoms with van der Waals surface area (Å²) >= 11 is 4.66. The third-order valence-electron chi connectivity index (χ3n) is 1.68. The van der Waals surface area contributed by atoms with Gasteiger partial charge < -0.3 is 5.73 Å². The molecule has 0 aliphatic heterocycles. The standard InChI is InChI=1S/C8H10N4S3/c1-2-6-11-8(15-12-6)13-4-5-3-10-7(9)14-5/h3H,2,4H2,1H3,(H2,9,10). The third kappa shape index (κ3) is 2.90. The average molecular weight is 258 g/mol. The first-order valence-corrected chi connectivity index (χ1v) is 7.01. The molecule has 0 aliphatic carbocycles. The lowest BCUT2D eigenvalue weighted by Crippen LogP contribution is -1.81. The molecule has 15 heavy (non-hydrogen) atoms. The van der Waals surface area contributed by atoms with E-state index in [1.54, 1.807) is 11.8 Å². The Morgan fingerprint density at radius 1 is 1.53 bits per heavy atom. The van der Waals surface area contributed by atoms with Crippen molar-refractivity contribution in [2.45, 2.75) is 23.4 Å². The van der Waals surface area contributed by atoms with Gasteiger partial charge in [0.15, 0.2) is 9.47 Å². The fraction of sp³-hybridized carbons (Fsp3) is 0.375. The van der Waals surface area contributed by atoms with Crippen LogP contribution < -0.4 is 5.73 Å². The van der Waals surface area contributed by atoms with Crippen LogP contribution in [0.4, 0.5) is 5.13 Å². The van der Waals surface area contributed by atoms with Gasteiger partial charge in [0.25, 0.3) is 0 Å². The summed E-state index contributed by atoms with van der Waals surface area (Å²) in [6.07, 6.45) is 2.71. The van der Waals surface area contributed by atoms with Crippen LogP contribution in [-0.4, -0.2) is 14.3 Å². The van der Waals surface area contributed by atoms with Gasteiger partial charge in [0.05, 0.1) is 0 Å². The van der Waals surface area contributed by atoms with Crippen molar-refractivity contribution in [3.05, 3.63) is 16.9 Å². The van der Waals surface area contributed by atoms with E-state index >= 15 is 0 Å². The predicted molar refractivity (Wildman–Crippen MR) is 65.4 cm³/mol. The molecule has 2 aromatic heterocycles. The lowest BCUT2D eigenvalue weighted by Gasteiger charge is -1.91. The Balaban J connectivity index is 1.93. The number of thioether (sulfide) groups is 1. The van der Waals surface area contributed by atoms with Crippen molar-refractivity contribution in [3.8, 4) is 0 Å².